The summed E-state index contributed by atoms with van der Waals surface area (Å²) in [6.45, 7) is 3.49. The molecule has 1 aliphatic rings. The maximum Gasteiger partial charge on any atom is 0.275 e. The number of nitrogens with zero attached hydrogens (tertiary/aromatic N) is 6. The second kappa shape index (κ2) is 11.9. The summed E-state index contributed by atoms with van der Waals surface area (Å²) >= 11 is 0. The number of nitrogens with one attached hydrogen (secondary N) is 1. The van der Waals surface area contributed by atoms with Crippen LogP contribution in [0, 0.1) is 0 Å². The number of aromatic nitrogens is 3. The summed E-state index contributed by atoms with van der Waals surface area (Å²) in [7, 11) is 0. The normalized spacial score (nSPS) is 13.6. The second-order valence-corrected chi connectivity index (χ2v) is 8.13. The Bertz CT molecular complexity index is 1280. The molecule has 0 bridgehead atoms. The number of morpholine rings is 1. The first kappa shape index (κ1) is 23.4. The van der Waals surface area contributed by atoms with E-state index < -0.39 is 0 Å². The zero-order chi connectivity index (χ0) is 24.4. The molecule has 4 aromatic rings. The fourth-order valence-electron chi connectivity index (χ4n) is 3.70. The summed E-state index contributed by atoms with van der Waals surface area (Å²) < 4.78 is 11.5. The average Bonchev–Trinajstić information content (AvgIpc) is 2.94. The lowest BCUT2D eigenvalue weighted by atomic mass is 10.2. The Balaban J connectivity index is 1.32. The molecule has 1 N–H and O–H groups in total. The fourth-order valence-corrected chi connectivity index (χ4v) is 3.70. The summed E-state index contributed by atoms with van der Waals surface area (Å²) in [5.41, 5.74) is 2.92. The van der Waals surface area contributed by atoms with Crippen molar-refractivity contribution in [2.24, 2.45) is 10.2 Å². The molecule has 1 saturated heterocycles. The maximum absolute atomic E-state index is 6.04. The molecule has 9 nitrogen and oxygen atoms in total. The first-order chi connectivity index (χ1) is 17.8. The molecule has 5 rings (SSSR count). The van der Waals surface area contributed by atoms with Gasteiger partial charge in [-0.15, -0.1) is 5.11 Å². The molecule has 0 unspecified atom stereocenters. The minimum absolute atomic E-state index is 0.243. The molecular weight excluding hydrogens is 454 g/mol. The van der Waals surface area contributed by atoms with Gasteiger partial charge in [0.1, 0.15) is 12.4 Å². The zero-order valence-corrected chi connectivity index (χ0v) is 19.8. The van der Waals surface area contributed by atoms with Crippen LogP contribution in [-0.4, -0.2) is 41.3 Å². The van der Waals surface area contributed by atoms with Crippen LogP contribution in [0.2, 0.25) is 0 Å². The molecule has 0 aliphatic carbocycles. The summed E-state index contributed by atoms with van der Waals surface area (Å²) in [5, 5.41) is 11.9. The zero-order valence-electron chi connectivity index (χ0n) is 19.8. The van der Waals surface area contributed by atoms with Gasteiger partial charge in [-0.3, -0.25) is 0 Å². The van der Waals surface area contributed by atoms with E-state index >= 15 is 0 Å². The highest BCUT2D eigenvalue weighted by molar-refractivity contribution is 5.55. The fraction of sp³-hybridized carbons (Fsp3) is 0.222. The summed E-state index contributed by atoms with van der Waals surface area (Å²) in [5.74, 6) is 1.98. The molecule has 2 heterocycles. The van der Waals surface area contributed by atoms with Crippen molar-refractivity contribution >= 4 is 23.5 Å². The number of ether oxygens (including phenoxy) is 2. The summed E-state index contributed by atoms with van der Waals surface area (Å²) in [4.78, 5) is 15.7. The van der Waals surface area contributed by atoms with Crippen LogP contribution in [0.4, 0.5) is 23.5 Å². The van der Waals surface area contributed by atoms with Crippen molar-refractivity contribution in [2.45, 2.75) is 13.2 Å². The monoisotopic (exact) mass is 481 g/mol. The van der Waals surface area contributed by atoms with E-state index in [1.165, 1.54) is 0 Å². The minimum atomic E-state index is 0.243. The van der Waals surface area contributed by atoms with Gasteiger partial charge < -0.3 is 19.7 Å². The van der Waals surface area contributed by atoms with Crippen LogP contribution in [0.1, 0.15) is 11.1 Å². The molecule has 1 aromatic heterocycles. The molecule has 36 heavy (non-hydrogen) atoms. The van der Waals surface area contributed by atoms with Crippen molar-refractivity contribution in [1.29, 1.82) is 0 Å². The molecular formula is C27H27N7O2. The van der Waals surface area contributed by atoms with Gasteiger partial charge in [0.15, 0.2) is 0 Å². The quantitative estimate of drug-likeness (QED) is 0.323. The Labute approximate surface area is 209 Å². The number of hydrogen-bond donors (Lipinski definition) is 1. The van der Waals surface area contributed by atoms with Crippen molar-refractivity contribution in [2.75, 3.05) is 36.5 Å². The highest BCUT2D eigenvalue weighted by Crippen LogP contribution is 2.23. The van der Waals surface area contributed by atoms with E-state index in [4.69, 9.17) is 9.47 Å². The molecule has 9 heteroatoms. The lowest BCUT2D eigenvalue weighted by Gasteiger charge is -2.26. The van der Waals surface area contributed by atoms with E-state index in [-0.39, 0.29) is 5.95 Å². The smallest absolute Gasteiger partial charge is 0.275 e. The standard InChI is InChI=1S/C27H27N7O2/c1-3-9-21(10-4-1)20-36-24-14-8-7-11-22(24)19-28-33-26-30-25(29-23-12-5-2-6-13-23)31-27(32-26)34-15-17-35-18-16-34/h1-14H,15-20H2,(H,29,30,31,32). The Kier molecular flexibility index (Phi) is 7.70. The van der Waals surface area contributed by atoms with Gasteiger partial charge in [0, 0.05) is 24.3 Å². The van der Waals surface area contributed by atoms with Crippen LogP contribution in [0.3, 0.4) is 0 Å². The Morgan fingerprint density at radius 1 is 0.833 bits per heavy atom. The highest BCUT2D eigenvalue weighted by atomic mass is 16.5. The third-order valence-electron chi connectivity index (χ3n) is 5.55. The van der Waals surface area contributed by atoms with Gasteiger partial charge in [-0.1, -0.05) is 66.7 Å². The molecule has 0 amide bonds. The topological polar surface area (TPSA) is 97.1 Å². The highest BCUT2D eigenvalue weighted by Gasteiger charge is 2.17. The van der Waals surface area contributed by atoms with Gasteiger partial charge in [-0.2, -0.15) is 20.1 Å². The third-order valence-corrected chi connectivity index (χ3v) is 5.55. The number of rotatable bonds is 9. The molecule has 3 aromatic carbocycles. The molecule has 1 fully saturated rings. The van der Waals surface area contributed by atoms with E-state index in [2.05, 4.69) is 35.4 Å². The molecule has 0 spiro atoms. The lowest BCUT2D eigenvalue weighted by Crippen LogP contribution is -2.37. The van der Waals surface area contributed by atoms with E-state index in [1.807, 2.05) is 84.9 Å². The van der Waals surface area contributed by atoms with Crippen molar-refractivity contribution in [3.63, 3.8) is 0 Å². The first-order valence-corrected chi connectivity index (χ1v) is 11.9. The molecule has 0 radical (unpaired) electrons. The third kappa shape index (κ3) is 6.39. The molecule has 1 aliphatic heterocycles. The van der Waals surface area contributed by atoms with Crippen LogP contribution < -0.4 is 15.0 Å². The van der Waals surface area contributed by atoms with Gasteiger partial charge in [0.05, 0.1) is 19.8 Å². The van der Waals surface area contributed by atoms with Gasteiger partial charge in [-0.25, -0.2) is 0 Å². The number of benzene rings is 3. The summed E-state index contributed by atoms with van der Waals surface area (Å²) in [6.07, 6.45) is 0. The SMILES string of the molecule is c1ccc(COc2ccccc2CN=Nc2nc(Nc3ccccc3)nc(N3CCOCC3)n2)cc1. The molecule has 0 saturated carbocycles. The van der Waals surface area contributed by atoms with Crippen LogP contribution >= 0.6 is 0 Å². The number of anilines is 3. The largest absolute Gasteiger partial charge is 0.489 e. The number of azo groups is 1. The van der Waals surface area contributed by atoms with Gasteiger partial charge >= 0.3 is 0 Å². The van der Waals surface area contributed by atoms with E-state index in [0.29, 0.717) is 51.4 Å². The van der Waals surface area contributed by atoms with E-state index in [1.54, 1.807) is 0 Å². The Morgan fingerprint density at radius 2 is 1.56 bits per heavy atom. The lowest BCUT2D eigenvalue weighted by molar-refractivity contribution is 0.122. The van der Waals surface area contributed by atoms with Crippen molar-refractivity contribution in [1.82, 2.24) is 15.0 Å². The van der Waals surface area contributed by atoms with Crippen LogP contribution in [0.25, 0.3) is 0 Å². The predicted octanol–water partition coefficient (Wildman–Crippen LogP) is 5.31. The summed E-state index contributed by atoms with van der Waals surface area (Å²) in [6, 6.07) is 27.6. The van der Waals surface area contributed by atoms with Crippen molar-refractivity contribution < 1.29 is 9.47 Å². The van der Waals surface area contributed by atoms with Crippen molar-refractivity contribution in [3.05, 3.63) is 96.1 Å². The van der Waals surface area contributed by atoms with Gasteiger partial charge in [0.2, 0.25) is 11.9 Å². The van der Waals surface area contributed by atoms with Crippen LogP contribution in [0.15, 0.2) is 95.2 Å². The number of para-hydroxylation sites is 2. The second-order valence-electron chi connectivity index (χ2n) is 8.13. The molecule has 0 atom stereocenters. The minimum Gasteiger partial charge on any atom is -0.489 e. The van der Waals surface area contributed by atoms with E-state index in [9.17, 15) is 0 Å². The first-order valence-electron chi connectivity index (χ1n) is 11.9. The van der Waals surface area contributed by atoms with E-state index in [0.717, 1.165) is 22.6 Å². The van der Waals surface area contributed by atoms with Crippen LogP contribution in [0.5, 0.6) is 5.75 Å². The van der Waals surface area contributed by atoms with Crippen molar-refractivity contribution in [3.8, 4) is 5.75 Å². The Hall–Kier alpha value is -4.37. The predicted molar refractivity (Wildman–Crippen MR) is 138 cm³/mol. The Morgan fingerprint density at radius 3 is 2.36 bits per heavy atom. The average molecular weight is 482 g/mol. The van der Waals surface area contributed by atoms with Crippen LogP contribution in [-0.2, 0) is 17.9 Å². The number of hydrogen-bond acceptors (Lipinski definition) is 9. The van der Waals surface area contributed by atoms with Gasteiger partial charge in [-0.05, 0) is 23.8 Å². The molecule has 182 valence electrons. The van der Waals surface area contributed by atoms with Gasteiger partial charge in [0.25, 0.3) is 5.95 Å². The maximum atomic E-state index is 6.04.